The first kappa shape index (κ1) is 12.3. The predicted octanol–water partition coefficient (Wildman–Crippen LogP) is 2.00. The van der Waals surface area contributed by atoms with E-state index in [1.54, 1.807) is 10.9 Å². The molecule has 0 aliphatic carbocycles. The number of rotatable bonds is 4. The summed E-state index contributed by atoms with van der Waals surface area (Å²) in [6.45, 7) is 6.75. The molecule has 0 spiro atoms. The Morgan fingerprint density at radius 1 is 1.33 bits per heavy atom. The molecule has 0 aromatic carbocycles. The Morgan fingerprint density at radius 2 is 2.11 bits per heavy atom. The molecule has 6 heteroatoms. The van der Waals surface area contributed by atoms with Crippen molar-refractivity contribution in [2.24, 2.45) is 7.05 Å². The van der Waals surface area contributed by atoms with Crippen LogP contribution in [0.25, 0.3) is 0 Å². The first-order valence-electron chi connectivity index (χ1n) is 5.95. The molecule has 2 aromatic heterocycles. The standard InChI is InChI=1S/C12H18N6/c1-5-13-12-14-6-8(2)11(16-12)15-10-7-18(4)17-9(10)3/h6-7H,5H2,1-4H3,(H2,13,14,15,16). The summed E-state index contributed by atoms with van der Waals surface area (Å²) in [5.74, 6) is 1.43. The van der Waals surface area contributed by atoms with Gasteiger partial charge in [-0.3, -0.25) is 4.68 Å². The van der Waals surface area contributed by atoms with Crippen LogP contribution in [0.3, 0.4) is 0 Å². The van der Waals surface area contributed by atoms with E-state index in [9.17, 15) is 0 Å². The third kappa shape index (κ3) is 2.58. The Morgan fingerprint density at radius 3 is 2.72 bits per heavy atom. The fourth-order valence-electron chi connectivity index (χ4n) is 1.66. The lowest BCUT2D eigenvalue weighted by Crippen LogP contribution is -2.05. The number of aromatic nitrogens is 4. The molecule has 2 rings (SSSR count). The van der Waals surface area contributed by atoms with Crippen LogP contribution in [0.4, 0.5) is 17.5 Å². The second-order valence-electron chi connectivity index (χ2n) is 4.18. The van der Waals surface area contributed by atoms with Crippen molar-refractivity contribution in [3.63, 3.8) is 0 Å². The summed E-state index contributed by atoms with van der Waals surface area (Å²) >= 11 is 0. The van der Waals surface area contributed by atoms with Gasteiger partial charge in [-0.15, -0.1) is 0 Å². The molecule has 0 unspecified atom stereocenters. The summed E-state index contributed by atoms with van der Waals surface area (Å²) in [7, 11) is 1.90. The normalized spacial score (nSPS) is 10.4. The summed E-state index contributed by atoms with van der Waals surface area (Å²) in [6.07, 6.45) is 3.74. The maximum absolute atomic E-state index is 4.44. The van der Waals surface area contributed by atoms with Gasteiger partial charge < -0.3 is 10.6 Å². The Kier molecular flexibility index (Phi) is 3.45. The van der Waals surface area contributed by atoms with Gasteiger partial charge in [0.2, 0.25) is 5.95 Å². The van der Waals surface area contributed by atoms with Crippen LogP contribution in [0.1, 0.15) is 18.2 Å². The van der Waals surface area contributed by atoms with E-state index in [0.717, 1.165) is 29.3 Å². The molecule has 2 N–H and O–H groups in total. The van der Waals surface area contributed by atoms with Crippen LogP contribution in [0, 0.1) is 13.8 Å². The number of anilines is 3. The highest BCUT2D eigenvalue weighted by atomic mass is 15.3. The van der Waals surface area contributed by atoms with Crippen molar-refractivity contribution in [2.45, 2.75) is 20.8 Å². The lowest BCUT2D eigenvalue weighted by Gasteiger charge is -2.09. The van der Waals surface area contributed by atoms with Crippen LogP contribution in [0.5, 0.6) is 0 Å². The molecule has 0 aliphatic rings. The van der Waals surface area contributed by atoms with E-state index in [-0.39, 0.29) is 0 Å². The second-order valence-corrected chi connectivity index (χ2v) is 4.18. The lowest BCUT2D eigenvalue weighted by molar-refractivity contribution is 0.756. The van der Waals surface area contributed by atoms with Crippen molar-refractivity contribution < 1.29 is 0 Å². The third-order valence-corrected chi connectivity index (χ3v) is 2.57. The van der Waals surface area contributed by atoms with Crippen molar-refractivity contribution in [3.05, 3.63) is 23.7 Å². The molecular formula is C12H18N6. The smallest absolute Gasteiger partial charge is 0.224 e. The third-order valence-electron chi connectivity index (χ3n) is 2.57. The second kappa shape index (κ2) is 5.03. The minimum absolute atomic E-state index is 0.632. The average molecular weight is 246 g/mol. The van der Waals surface area contributed by atoms with Crippen LogP contribution in [-0.4, -0.2) is 26.3 Å². The molecule has 0 amide bonds. The molecule has 0 atom stereocenters. The van der Waals surface area contributed by atoms with E-state index in [1.807, 2.05) is 34.0 Å². The molecule has 2 heterocycles. The van der Waals surface area contributed by atoms with E-state index in [0.29, 0.717) is 5.95 Å². The van der Waals surface area contributed by atoms with Gasteiger partial charge in [-0.2, -0.15) is 10.1 Å². The summed E-state index contributed by atoms with van der Waals surface area (Å²) in [5, 5.41) is 10.7. The molecule has 2 aromatic rings. The molecule has 0 saturated heterocycles. The van der Waals surface area contributed by atoms with Gasteiger partial charge in [0.05, 0.1) is 11.4 Å². The largest absolute Gasteiger partial charge is 0.354 e. The van der Waals surface area contributed by atoms with Crippen molar-refractivity contribution >= 4 is 17.5 Å². The molecule has 0 saturated carbocycles. The van der Waals surface area contributed by atoms with Crippen molar-refractivity contribution in [3.8, 4) is 0 Å². The lowest BCUT2D eigenvalue weighted by atomic mass is 10.3. The van der Waals surface area contributed by atoms with Crippen LogP contribution in [0.15, 0.2) is 12.4 Å². The quantitative estimate of drug-likeness (QED) is 0.863. The van der Waals surface area contributed by atoms with Crippen LogP contribution in [0.2, 0.25) is 0 Å². The van der Waals surface area contributed by atoms with Crippen molar-refractivity contribution in [2.75, 3.05) is 17.2 Å². The number of hydrogen-bond acceptors (Lipinski definition) is 5. The monoisotopic (exact) mass is 246 g/mol. The van der Waals surface area contributed by atoms with Crippen molar-refractivity contribution in [1.29, 1.82) is 0 Å². The zero-order chi connectivity index (χ0) is 13.1. The molecule has 96 valence electrons. The van der Waals surface area contributed by atoms with E-state index < -0.39 is 0 Å². The SMILES string of the molecule is CCNc1ncc(C)c(Nc2cn(C)nc2C)n1. The van der Waals surface area contributed by atoms with Crippen LogP contribution >= 0.6 is 0 Å². The average Bonchev–Trinajstić information content (AvgIpc) is 2.62. The predicted molar refractivity (Wildman–Crippen MR) is 72.2 cm³/mol. The van der Waals surface area contributed by atoms with E-state index >= 15 is 0 Å². The minimum atomic E-state index is 0.632. The maximum Gasteiger partial charge on any atom is 0.224 e. The highest BCUT2D eigenvalue weighted by molar-refractivity contribution is 5.61. The molecule has 0 radical (unpaired) electrons. The number of aryl methyl sites for hydroxylation is 3. The van der Waals surface area contributed by atoms with Crippen LogP contribution < -0.4 is 10.6 Å². The Balaban J connectivity index is 2.27. The summed E-state index contributed by atoms with van der Waals surface area (Å²) in [6, 6.07) is 0. The number of nitrogens with one attached hydrogen (secondary N) is 2. The zero-order valence-corrected chi connectivity index (χ0v) is 11.2. The van der Waals surface area contributed by atoms with E-state index in [2.05, 4.69) is 25.7 Å². The molecule has 0 bridgehead atoms. The van der Waals surface area contributed by atoms with Gasteiger partial charge in [0.1, 0.15) is 5.82 Å². The van der Waals surface area contributed by atoms with Gasteiger partial charge in [0, 0.05) is 31.5 Å². The van der Waals surface area contributed by atoms with E-state index in [4.69, 9.17) is 0 Å². The Bertz CT molecular complexity index is 545. The molecule has 0 aliphatic heterocycles. The summed E-state index contributed by atoms with van der Waals surface area (Å²) in [5.41, 5.74) is 2.90. The maximum atomic E-state index is 4.44. The Labute approximate surface area is 106 Å². The molecule has 18 heavy (non-hydrogen) atoms. The van der Waals surface area contributed by atoms with E-state index in [1.165, 1.54) is 0 Å². The first-order valence-corrected chi connectivity index (χ1v) is 5.95. The van der Waals surface area contributed by atoms with Crippen LogP contribution in [-0.2, 0) is 7.05 Å². The topological polar surface area (TPSA) is 67.7 Å². The van der Waals surface area contributed by atoms with Gasteiger partial charge in [0.25, 0.3) is 0 Å². The van der Waals surface area contributed by atoms with Gasteiger partial charge in [-0.1, -0.05) is 0 Å². The first-order chi connectivity index (χ1) is 8.60. The van der Waals surface area contributed by atoms with Gasteiger partial charge in [-0.25, -0.2) is 4.98 Å². The number of nitrogens with zero attached hydrogens (tertiary/aromatic N) is 4. The molecule has 0 fully saturated rings. The highest BCUT2D eigenvalue weighted by Crippen LogP contribution is 2.20. The zero-order valence-electron chi connectivity index (χ0n) is 11.2. The van der Waals surface area contributed by atoms with Gasteiger partial charge >= 0.3 is 0 Å². The molecular weight excluding hydrogens is 228 g/mol. The minimum Gasteiger partial charge on any atom is -0.354 e. The van der Waals surface area contributed by atoms with Gasteiger partial charge in [-0.05, 0) is 20.8 Å². The fraction of sp³-hybridized carbons (Fsp3) is 0.417. The Hall–Kier alpha value is -2.11. The highest BCUT2D eigenvalue weighted by Gasteiger charge is 2.07. The summed E-state index contributed by atoms with van der Waals surface area (Å²) in [4.78, 5) is 8.65. The fourth-order valence-corrected chi connectivity index (χ4v) is 1.66. The number of hydrogen-bond donors (Lipinski definition) is 2. The van der Waals surface area contributed by atoms with Gasteiger partial charge in [0.15, 0.2) is 0 Å². The summed E-state index contributed by atoms with van der Waals surface area (Å²) < 4.78 is 1.78. The molecule has 6 nitrogen and oxygen atoms in total. The van der Waals surface area contributed by atoms with Crippen molar-refractivity contribution in [1.82, 2.24) is 19.7 Å².